The summed E-state index contributed by atoms with van der Waals surface area (Å²) in [4.78, 5) is 27.2. The lowest BCUT2D eigenvalue weighted by molar-refractivity contribution is 0.0987. The summed E-state index contributed by atoms with van der Waals surface area (Å²) in [5, 5.41) is 12.9. The summed E-state index contributed by atoms with van der Waals surface area (Å²) in [7, 11) is 0. The average molecular weight is 371 g/mol. The summed E-state index contributed by atoms with van der Waals surface area (Å²) in [5.41, 5.74) is 7.15. The van der Waals surface area contributed by atoms with E-state index in [1.807, 2.05) is 0 Å². The minimum atomic E-state index is -0.758. The molecule has 0 bridgehead atoms. The molecule has 7 nitrogen and oxygen atoms in total. The van der Waals surface area contributed by atoms with Gasteiger partial charge in [0, 0.05) is 22.8 Å². The Labute approximate surface area is 154 Å². The zero-order chi connectivity index (χ0) is 18.7. The van der Waals surface area contributed by atoms with Crippen molar-refractivity contribution in [3.8, 4) is 5.88 Å². The molecule has 0 aliphatic carbocycles. The number of aromatic hydroxyl groups is 1. The van der Waals surface area contributed by atoms with Crippen LogP contribution in [0.2, 0.25) is 5.02 Å². The molecule has 0 fully saturated rings. The van der Waals surface area contributed by atoms with Gasteiger partial charge < -0.3 is 20.7 Å². The van der Waals surface area contributed by atoms with Gasteiger partial charge in [-0.15, -0.1) is 0 Å². The summed E-state index contributed by atoms with van der Waals surface area (Å²) in [6.07, 6.45) is 1.34. The molecule has 26 heavy (non-hydrogen) atoms. The van der Waals surface area contributed by atoms with Gasteiger partial charge in [-0.2, -0.15) is 0 Å². The Morgan fingerprint density at radius 1 is 1.12 bits per heavy atom. The molecule has 0 aliphatic rings. The maximum atomic E-state index is 12.2. The first-order valence-corrected chi connectivity index (χ1v) is 8.01. The molecular weight excluding hydrogens is 356 g/mol. The van der Waals surface area contributed by atoms with Crippen molar-refractivity contribution in [2.75, 3.05) is 5.32 Å². The number of halogens is 1. The highest BCUT2D eigenvalue weighted by atomic mass is 35.5. The molecule has 3 rings (SSSR count). The molecule has 2 aromatic carbocycles. The predicted molar refractivity (Wildman–Crippen MR) is 97.4 cm³/mol. The molecular formula is C18H15ClN4O3. The lowest BCUT2D eigenvalue weighted by Gasteiger charge is -2.08. The number of nitrogens with two attached hydrogens (primary N) is 1. The summed E-state index contributed by atoms with van der Waals surface area (Å²) >= 11 is 5.81. The average Bonchev–Trinajstić information content (AvgIpc) is 2.97. The van der Waals surface area contributed by atoms with Crippen molar-refractivity contribution >= 4 is 29.1 Å². The summed E-state index contributed by atoms with van der Waals surface area (Å²) in [6, 6.07) is 13.6. The van der Waals surface area contributed by atoms with Crippen LogP contribution >= 0.6 is 11.6 Å². The number of nitrogens with one attached hydrogen (secondary N) is 1. The van der Waals surface area contributed by atoms with Crippen molar-refractivity contribution in [1.29, 1.82) is 0 Å². The molecule has 0 unspecified atom stereocenters. The Kier molecular flexibility index (Phi) is 4.90. The highest BCUT2D eigenvalue weighted by Gasteiger charge is 2.15. The topological polar surface area (TPSA) is 110 Å². The van der Waals surface area contributed by atoms with Crippen LogP contribution in [-0.2, 0) is 6.54 Å². The zero-order valence-electron chi connectivity index (χ0n) is 13.5. The van der Waals surface area contributed by atoms with Crippen molar-refractivity contribution in [1.82, 2.24) is 9.55 Å². The molecule has 4 N–H and O–H groups in total. The van der Waals surface area contributed by atoms with Crippen LogP contribution in [0.5, 0.6) is 5.88 Å². The quantitative estimate of drug-likeness (QED) is 0.641. The number of anilines is 1. The highest BCUT2D eigenvalue weighted by molar-refractivity contribution is 6.30. The number of carbonyl (C=O) groups excluding carboxylic acids is 2. The Balaban J connectivity index is 1.70. The third-order valence-corrected chi connectivity index (χ3v) is 3.97. The number of carbonyl (C=O) groups is 2. The van der Waals surface area contributed by atoms with Crippen molar-refractivity contribution in [3.63, 3.8) is 0 Å². The minimum absolute atomic E-state index is 0.0508. The van der Waals surface area contributed by atoms with Gasteiger partial charge in [-0.25, -0.2) is 4.98 Å². The van der Waals surface area contributed by atoms with E-state index in [4.69, 9.17) is 17.3 Å². The van der Waals surface area contributed by atoms with E-state index in [0.29, 0.717) is 22.8 Å². The summed E-state index contributed by atoms with van der Waals surface area (Å²) in [6.45, 7) is 0.303. The van der Waals surface area contributed by atoms with Gasteiger partial charge in [-0.05, 0) is 42.0 Å². The van der Waals surface area contributed by atoms with Crippen LogP contribution < -0.4 is 11.1 Å². The highest BCUT2D eigenvalue weighted by Crippen LogP contribution is 2.17. The van der Waals surface area contributed by atoms with Crippen molar-refractivity contribution < 1.29 is 14.7 Å². The van der Waals surface area contributed by atoms with E-state index >= 15 is 0 Å². The van der Waals surface area contributed by atoms with Crippen LogP contribution in [-0.4, -0.2) is 26.5 Å². The summed E-state index contributed by atoms with van der Waals surface area (Å²) < 4.78 is 1.46. The Bertz CT molecular complexity index is 950. The number of hydrogen-bond acceptors (Lipinski definition) is 4. The minimum Gasteiger partial charge on any atom is -0.492 e. The van der Waals surface area contributed by atoms with Gasteiger partial charge in [0.2, 0.25) is 5.88 Å². The van der Waals surface area contributed by atoms with E-state index in [0.717, 1.165) is 5.56 Å². The van der Waals surface area contributed by atoms with Crippen LogP contribution in [0.4, 0.5) is 5.69 Å². The second-order valence-corrected chi connectivity index (χ2v) is 6.00. The molecule has 0 saturated carbocycles. The van der Waals surface area contributed by atoms with Gasteiger partial charge in [0.1, 0.15) is 0 Å². The number of imidazole rings is 1. The molecule has 0 aliphatic heterocycles. The first kappa shape index (κ1) is 17.5. The first-order valence-electron chi connectivity index (χ1n) is 7.64. The number of benzene rings is 2. The Morgan fingerprint density at radius 2 is 1.77 bits per heavy atom. The SMILES string of the molecule is NC(=O)c1c(O)ncn1Cc1ccc(NC(=O)c2ccc(Cl)cc2)cc1. The van der Waals surface area contributed by atoms with E-state index < -0.39 is 11.8 Å². The fraction of sp³-hybridized carbons (Fsp3) is 0.0556. The van der Waals surface area contributed by atoms with E-state index in [2.05, 4.69) is 10.3 Å². The zero-order valence-corrected chi connectivity index (χ0v) is 14.3. The molecule has 1 heterocycles. The van der Waals surface area contributed by atoms with E-state index in [1.165, 1.54) is 10.9 Å². The molecule has 2 amide bonds. The monoisotopic (exact) mass is 370 g/mol. The molecule has 3 aromatic rings. The number of rotatable bonds is 5. The van der Waals surface area contributed by atoms with Crippen molar-refractivity contribution in [2.24, 2.45) is 5.73 Å². The fourth-order valence-corrected chi connectivity index (χ4v) is 2.56. The van der Waals surface area contributed by atoms with E-state index in [1.54, 1.807) is 48.5 Å². The van der Waals surface area contributed by atoms with Crippen molar-refractivity contribution in [2.45, 2.75) is 6.54 Å². The number of hydrogen-bond donors (Lipinski definition) is 3. The van der Waals surface area contributed by atoms with E-state index in [9.17, 15) is 14.7 Å². The first-order chi connectivity index (χ1) is 12.4. The third-order valence-electron chi connectivity index (χ3n) is 3.72. The largest absolute Gasteiger partial charge is 0.492 e. The van der Waals surface area contributed by atoms with Crippen LogP contribution in [0, 0.1) is 0 Å². The Morgan fingerprint density at radius 3 is 2.38 bits per heavy atom. The maximum Gasteiger partial charge on any atom is 0.271 e. The van der Waals surface area contributed by atoms with Gasteiger partial charge in [0.25, 0.3) is 11.8 Å². The maximum absolute atomic E-state index is 12.2. The summed E-state index contributed by atoms with van der Waals surface area (Å²) in [5.74, 6) is -1.40. The second-order valence-electron chi connectivity index (χ2n) is 5.57. The molecule has 0 spiro atoms. The third kappa shape index (κ3) is 3.84. The molecule has 8 heteroatoms. The fourth-order valence-electron chi connectivity index (χ4n) is 2.44. The molecule has 1 aromatic heterocycles. The number of primary amides is 1. The molecule has 0 atom stereocenters. The smallest absolute Gasteiger partial charge is 0.271 e. The van der Waals surface area contributed by atoms with E-state index in [-0.39, 0.29) is 11.6 Å². The van der Waals surface area contributed by atoms with Crippen LogP contribution in [0.1, 0.15) is 26.4 Å². The van der Waals surface area contributed by atoms with Gasteiger partial charge in [-0.3, -0.25) is 9.59 Å². The normalized spacial score (nSPS) is 10.5. The molecule has 132 valence electrons. The molecule has 0 saturated heterocycles. The standard InChI is InChI=1S/C18H15ClN4O3/c19-13-5-3-12(4-6-13)17(25)22-14-7-1-11(2-8-14)9-23-10-21-18(26)15(23)16(20)24/h1-8,10,26H,9H2,(H2,20,24)(H,22,25). The van der Waals surface area contributed by atoms with Gasteiger partial charge in [0.15, 0.2) is 5.69 Å². The van der Waals surface area contributed by atoms with Crippen LogP contribution in [0.15, 0.2) is 54.9 Å². The van der Waals surface area contributed by atoms with Gasteiger partial charge in [-0.1, -0.05) is 23.7 Å². The Hall–Kier alpha value is -3.32. The number of amides is 2. The van der Waals surface area contributed by atoms with Crippen LogP contribution in [0.3, 0.4) is 0 Å². The second kappa shape index (κ2) is 7.28. The predicted octanol–water partition coefficient (Wildman–Crippen LogP) is 2.64. The molecule has 0 radical (unpaired) electrons. The van der Waals surface area contributed by atoms with Gasteiger partial charge in [0.05, 0.1) is 6.33 Å². The van der Waals surface area contributed by atoms with Crippen LogP contribution in [0.25, 0.3) is 0 Å². The number of nitrogens with zero attached hydrogens (tertiary/aromatic N) is 2. The van der Waals surface area contributed by atoms with Crippen molar-refractivity contribution in [3.05, 3.63) is 76.7 Å². The lowest BCUT2D eigenvalue weighted by Crippen LogP contribution is -2.17. The lowest BCUT2D eigenvalue weighted by atomic mass is 10.1. The number of aromatic nitrogens is 2. The van der Waals surface area contributed by atoms with Gasteiger partial charge >= 0.3 is 0 Å².